The zero-order chi connectivity index (χ0) is 17.8. The Hall–Kier alpha value is -1.64. The summed E-state index contributed by atoms with van der Waals surface area (Å²) in [7, 11) is 0. The summed E-state index contributed by atoms with van der Waals surface area (Å²) in [6.45, 7) is 14.9. The van der Waals surface area contributed by atoms with Crippen molar-refractivity contribution in [1.82, 2.24) is 30.1 Å². The first-order valence-corrected chi connectivity index (χ1v) is 9.93. The number of rotatable bonds is 5. The van der Waals surface area contributed by atoms with Crippen LogP contribution in [0.5, 0.6) is 0 Å². The number of hydrogen-bond acceptors (Lipinski definition) is 6. The Kier molecular flexibility index (Phi) is 5.72. The number of aromatic nitrogens is 1. The molecule has 1 aromatic rings. The zero-order valence-corrected chi connectivity index (χ0v) is 15.8. The maximum absolute atomic E-state index is 5.00. The average molecular weight is 361 g/mol. The van der Waals surface area contributed by atoms with Crippen molar-refractivity contribution in [2.75, 3.05) is 72.0 Å². The van der Waals surface area contributed by atoms with E-state index < -0.39 is 0 Å². The molecule has 1 N–H and O–H groups in total. The third kappa shape index (κ3) is 4.19. The number of fused-ring (bicyclic) bond motifs is 3. The van der Waals surface area contributed by atoms with Crippen molar-refractivity contribution in [2.45, 2.75) is 19.5 Å². The quantitative estimate of drug-likeness (QED) is 0.573. The lowest BCUT2D eigenvalue weighted by Crippen LogP contribution is -2.62. The first kappa shape index (κ1) is 17.8. The molecule has 8 heteroatoms. The van der Waals surface area contributed by atoms with Gasteiger partial charge < -0.3 is 14.7 Å². The molecule has 1 atom stereocenters. The van der Waals surface area contributed by atoms with Gasteiger partial charge in [0.2, 0.25) is 0 Å². The van der Waals surface area contributed by atoms with Gasteiger partial charge in [0, 0.05) is 84.1 Å². The topological polar surface area (TPSA) is 63.4 Å². The lowest BCUT2D eigenvalue weighted by Gasteiger charge is -2.47. The maximum Gasteiger partial charge on any atom is 0.194 e. The molecular formula is C18H31N7O. The summed E-state index contributed by atoms with van der Waals surface area (Å²) in [6.07, 6.45) is 1.64. The van der Waals surface area contributed by atoms with E-state index in [0.29, 0.717) is 6.04 Å². The number of guanidine groups is 1. The minimum atomic E-state index is 0.583. The Morgan fingerprint density at radius 2 is 2.00 bits per heavy atom. The molecular weight excluding hydrogens is 330 g/mol. The smallest absolute Gasteiger partial charge is 0.194 e. The van der Waals surface area contributed by atoms with Crippen molar-refractivity contribution < 1.29 is 4.52 Å². The Labute approximate surface area is 155 Å². The van der Waals surface area contributed by atoms with Crippen molar-refractivity contribution in [1.29, 1.82) is 0 Å². The average Bonchev–Trinajstić information content (AvgIpc) is 3.20. The number of hydrogen-bond donors (Lipinski definition) is 1. The van der Waals surface area contributed by atoms with E-state index in [2.05, 4.69) is 37.0 Å². The minimum Gasteiger partial charge on any atom is -0.364 e. The monoisotopic (exact) mass is 361 g/mol. The van der Waals surface area contributed by atoms with Crippen LogP contribution >= 0.6 is 0 Å². The SMILES string of the molecule is CCNC(=NCC1CN2CCN1CC2)N1CCN(Cc2ccon2)CC1. The van der Waals surface area contributed by atoms with E-state index in [9.17, 15) is 0 Å². The van der Waals surface area contributed by atoms with E-state index in [1.165, 1.54) is 32.7 Å². The summed E-state index contributed by atoms with van der Waals surface area (Å²) in [5.41, 5.74) is 1.01. The highest BCUT2D eigenvalue weighted by Crippen LogP contribution is 2.16. The number of nitrogens with one attached hydrogen (secondary N) is 1. The Morgan fingerprint density at radius 3 is 2.62 bits per heavy atom. The van der Waals surface area contributed by atoms with Gasteiger partial charge in [-0.2, -0.15) is 0 Å². The molecule has 0 radical (unpaired) electrons. The molecule has 26 heavy (non-hydrogen) atoms. The maximum atomic E-state index is 5.00. The molecule has 0 aromatic carbocycles. The first-order chi connectivity index (χ1) is 12.8. The number of piperazine rings is 4. The molecule has 144 valence electrons. The summed E-state index contributed by atoms with van der Waals surface area (Å²) in [5, 5.41) is 7.51. The van der Waals surface area contributed by atoms with Gasteiger partial charge in [-0.15, -0.1) is 0 Å². The van der Waals surface area contributed by atoms with Crippen molar-refractivity contribution in [3.63, 3.8) is 0 Å². The molecule has 4 aliphatic heterocycles. The lowest BCUT2D eigenvalue weighted by atomic mass is 10.1. The molecule has 0 aliphatic carbocycles. The molecule has 1 aromatic heterocycles. The van der Waals surface area contributed by atoms with Crippen LogP contribution in [0.2, 0.25) is 0 Å². The second-order valence-electron chi connectivity index (χ2n) is 7.44. The number of aliphatic imine (C=N–C) groups is 1. The molecule has 2 bridgehead atoms. The molecule has 4 aliphatic rings. The summed E-state index contributed by atoms with van der Waals surface area (Å²) >= 11 is 0. The molecule has 1 unspecified atom stereocenters. The standard InChI is InChI=1S/C18H31N7O/c1-2-19-18(20-13-17-15-23-4-8-24(17)9-5-23)25-10-6-22(7-11-25)14-16-3-12-26-21-16/h3,12,17H,2,4-11,13-15H2,1H3,(H,19,20). The highest BCUT2D eigenvalue weighted by atomic mass is 16.5. The van der Waals surface area contributed by atoms with Crippen LogP contribution in [0.25, 0.3) is 0 Å². The lowest BCUT2D eigenvalue weighted by molar-refractivity contribution is 0.0173. The summed E-state index contributed by atoms with van der Waals surface area (Å²) in [5.74, 6) is 1.08. The van der Waals surface area contributed by atoms with Gasteiger partial charge in [-0.3, -0.25) is 19.7 Å². The molecule has 0 saturated carbocycles. The highest BCUT2D eigenvalue weighted by molar-refractivity contribution is 5.80. The zero-order valence-electron chi connectivity index (χ0n) is 15.8. The van der Waals surface area contributed by atoms with E-state index in [4.69, 9.17) is 9.52 Å². The van der Waals surface area contributed by atoms with Crippen LogP contribution in [0.4, 0.5) is 0 Å². The summed E-state index contributed by atoms with van der Waals surface area (Å²) in [4.78, 5) is 15.0. The van der Waals surface area contributed by atoms with Gasteiger partial charge in [0.15, 0.2) is 5.96 Å². The van der Waals surface area contributed by atoms with Crippen LogP contribution in [0, 0.1) is 0 Å². The molecule has 5 rings (SSSR count). The third-order valence-corrected chi connectivity index (χ3v) is 5.73. The Morgan fingerprint density at radius 1 is 1.19 bits per heavy atom. The van der Waals surface area contributed by atoms with E-state index in [0.717, 1.165) is 57.5 Å². The fourth-order valence-electron chi connectivity index (χ4n) is 4.18. The highest BCUT2D eigenvalue weighted by Gasteiger charge is 2.31. The van der Waals surface area contributed by atoms with Crippen molar-refractivity contribution in [3.05, 3.63) is 18.0 Å². The van der Waals surface area contributed by atoms with Crippen LogP contribution in [0.1, 0.15) is 12.6 Å². The van der Waals surface area contributed by atoms with Crippen LogP contribution in [0.15, 0.2) is 21.8 Å². The van der Waals surface area contributed by atoms with Gasteiger partial charge in [-0.25, -0.2) is 0 Å². The van der Waals surface area contributed by atoms with E-state index >= 15 is 0 Å². The van der Waals surface area contributed by atoms with Crippen molar-refractivity contribution in [3.8, 4) is 0 Å². The van der Waals surface area contributed by atoms with E-state index in [1.54, 1.807) is 6.26 Å². The summed E-state index contributed by atoms with van der Waals surface area (Å²) in [6, 6.07) is 2.53. The second kappa shape index (κ2) is 8.37. The van der Waals surface area contributed by atoms with Gasteiger partial charge in [-0.05, 0) is 6.92 Å². The predicted octanol–water partition coefficient (Wildman–Crippen LogP) is -0.242. The Balaban J connectivity index is 1.30. The van der Waals surface area contributed by atoms with Gasteiger partial charge in [0.1, 0.15) is 6.26 Å². The molecule has 4 fully saturated rings. The van der Waals surface area contributed by atoms with Crippen molar-refractivity contribution in [2.24, 2.45) is 4.99 Å². The van der Waals surface area contributed by atoms with Gasteiger partial charge in [-0.1, -0.05) is 5.16 Å². The van der Waals surface area contributed by atoms with Crippen molar-refractivity contribution >= 4 is 5.96 Å². The fourth-order valence-corrected chi connectivity index (χ4v) is 4.18. The van der Waals surface area contributed by atoms with E-state index in [-0.39, 0.29) is 0 Å². The second-order valence-corrected chi connectivity index (χ2v) is 7.44. The predicted molar refractivity (Wildman–Crippen MR) is 101 cm³/mol. The number of nitrogens with zero attached hydrogens (tertiary/aromatic N) is 6. The van der Waals surface area contributed by atoms with Crippen LogP contribution < -0.4 is 5.32 Å². The normalized spacial score (nSPS) is 30.0. The molecule has 5 heterocycles. The fraction of sp³-hybridized carbons (Fsp3) is 0.778. The minimum absolute atomic E-state index is 0.583. The van der Waals surface area contributed by atoms with Crippen LogP contribution in [-0.4, -0.2) is 109 Å². The Bertz CT molecular complexity index is 574. The van der Waals surface area contributed by atoms with Gasteiger partial charge in [0.05, 0.1) is 12.2 Å². The summed E-state index contributed by atoms with van der Waals surface area (Å²) < 4.78 is 4.93. The molecule has 4 saturated heterocycles. The van der Waals surface area contributed by atoms with E-state index in [1.807, 2.05) is 6.07 Å². The molecule has 0 amide bonds. The van der Waals surface area contributed by atoms with Gasteiger partial charge >= 0.3 is 0 Å². The first-order valence-electron chi connectivity index (χ1n) is 9.93. The third-order valence-electron chi connectivity index (χ3n) is 5.73. The largest absolute Gasteiger partial charge is 0.364 e. The van der Waals surface area contributed by atoms with Gasteiger partial charge in [0.25, 0.3) is 0 Å². The van der Waals surface area contributed by atoms with Crippen LogP contribution in [-0.2, 0) is 6.54 Å². The molecule has 8 nitrogen and oxygen atoms in total. The van der Waals surface area contributed by atoms with Crippen LogP contribution in [0.3, 0.4) is 0 Å². The molecule has 0 spiro atoms.